The number of nitrogens with zero attached hydrogens (tertiary/aromatic N) is 2. The molecular weight excluding hydrogens is 321 g/mol. The Morgan fingerprint density at radius 3 is 2.67 bits per heavy atom. The van der Waals surface area contributed by atoms with Crippen molar-refractivity contribution in [1.29, 1.82) is 0 Å². The van der Waals surface area contributed by atoms with E-state index in [0.29, 0.717) is 12.1 Å². The molecule has 0 radical (unpaired) electrons. The maximum Gasteiger partial charge on any atom is 0.423 e. The molecule has 24 heavy (non-hydrogen) atoms. The summed E-state index contributed by atoms with van der Waals surface area (Å²) in [5.74, 6) is -0.433. The van der Waals surface area contributed by atoms with E-state index in [0.717, 1.165) is 31.8 Å². The van der Waals surface area contributed by atoms with Gasteiger partial charge in [-0.15, -0.1) is 0 Å². The standard InChI is InChI=1S/C16H15F3N4O/c1-24-14-11(16(17,18)19)7-20-15(23-14)21-8-2-3-9-10(6-8)13-5-4-12(9)22-13/h2-3,6-7,12-13,22H,4-5H2,1H3,(H,20,21,23). The average molecular weight is 336 g/mol. The molecule has 0 amide bonds. The van der Waals surface area contributed by atoms with Gasteiger partial charge in [0.25, 0.3) is 0 Å². The lowest BCUT2D eigenvalue weighted by Crippen LogP contribution is -2.11. The van der Waals surface area contributed by atoms with E-state index in [1.54, 1.807) is 0 Å². The van der Waals surface area contributed by atoms with Crippen LogP contribution < -0.4 is 15.4 Å². The van der Waals surface area contributed by atoms with Gasteiger partial charge in [0.1, 0.15) is 5.56 Å². The Hall–Kier alpha value is -2.35. The average Bonchev–Trinajstić information content (AvgIpc) is 3.15. The van der Waals surface area contributed by atoms with Crippen LogP contribution in [0.3, 0.4) is 0 Å². The Bertz CT molecular complexity index is 793. The van der Waals surface area contributed by atoms with Crippen LogP contribution in [-0.2, 0) is 6.18 Å². The maximum atomic E-state index is 12.8. The highest BCUT2D eigenvalue weighted by molar-refractivity contribution is 5.58. The smallest absolute Gasteiger partial charge is 0.423 e. The fraction of sp³-hybridized carbons (Fsp3) is 0.375. The number of rotatable bonds is 3. The van der Waals surface area contributed by atoms with Crippen molar-refractivity contribution in [2.24, 2.45) is 0 Å². The number of alkyl halides is 3. The second kappa shape index (κ2) is 5.34. The first kappa shape index (κ1) is 15.2. The number of hydrogen-bond acceptors (Lipinski definition) is 5. The highest BCUT2D eigenvalue weighted by Gasteiger charge is 2.37. The number of anilines is 2. The first-order chi connectivity index (χ1) is 11.5. The minimum Gasteiger partial charge on any atom is -0.480 e. The zero-order valence-corrected chi connectivity index (χ0v) is 12.8. The molecular formula is C16H15F3N4O. The minimum absolute atomic E-state index is 0.0657. The van der Waals surface area contributed by atoms with Gasteiger partial charge in [-0.3, -0.25) is 0 Å². The molecule has 2 aliphatic rings. The lowest BCUT2D eigenvalue weighted by molar-refractivity contribution is -0.139. The predicted molar refractivity (Wildman–Crippen MR) is 81.2 cm³/mol. The molecule has 2 aliphatic heterocycles. The summed E-state index contributed by atoms with van der Waals surface area (Å²) in [4.78, 5) is 7.57. The molecule has 126 valence electrons. The van der Waals surface area contributed by atoms with Gasteiger partial charge in [0.2, 0.25) is 11.8 Å². The van der Waals surface area contributed by atoms with Gasteiger partial charge in [0, 0.05) is 24.0 Å². The van der Waals surface area contributed by atoms with Crippen LogP contribution in [0.2, 0.25) is 0 Å². The highest BCUT2D eigenvalue weighted by atomic mass is 19.4. The van der Waals surface area contributed by atoms with Crippen molar-refractivity contribution in [1.82, 2.24) is 15.3 Å². The number of nitrogens with one attached hydrogen (secondary N) is 2. The van der Waals surface area contributed by atoms with Crippen molar-refractivity contribution in [2.45, 2.75) is 31.1 Å². The van der Waals surface area contributed by atoms with Gasteiger partial charge in [-0.05, 0) is 36.1 Å². The van der Waals surface area contributed by atoms with Crippen molar-refractivity contribution >= 4 is 11.6 Å². The Labute approximate surface area is 136 Å². The van der Waals surface area contributed by atoms with E-state index in [4.69, 9.17) is 4.74 Å². The summed E-state index contributed by atoms with van der Waals surface area (Å²) >= 11 is 0. The molecule has 0 aliphatic carbocycles. The summed E-state index contributed by atoms with van der Waals surface area (Å²) in [5, 5.41) is 6.47. The molecule has 2 atom stereocenters. The zero-order chi connectivity index (χ0) is 16.9. The molecule has 2 aromatic rings. The molecule has 0 spiro atoms. The van der Waals surface area contributed by atoms with Crippen LogP contribution in [0.4, 0.5) is 24.8 Å². The summed E-state index contributed by atoms with van der Waals surface area (Å²) in [6, 6.07) is 6.70. The number of benzene rings is 1. The van der Waals surface area contributed by atoms with Crippen molar-refractivity contribution in [3.63, 3.8) is 0 Å². The number of aromatic nitrogens is 2. The van der Waals surface area contributed by atoms with E-state index in [1.165, 1.54) is 11.1 Å². The highest BCUT2D eigenvalue weighted by Crippen LogP contribution is 2.45. The van der Waals surface area contributed by atoms with Crippen molar-refractivity contribution in [3.05, 3.63) is 41.1 Å². The maximum absolute atomic E-state index is 12.8. The number of fused-ring (bicyclic) bond motifs is 5. The molecule has 2 N–H and O–H groups in total. The molecule has 5 nitrogen and oxygen atoms in total. The third-order valence-electron chi connectivity index (χ3n) is 4.49. The van der Waals surface area contributed by atoms with Gasteiger partial charge >= 0.3 is 6.18 Å². The number of ether oxygens (including phenoxy) is 1. The van der Waals surface area contributed by atoms with E-state index in [9.17, 15) is 13.2 Å². The van der Waals surface area contributed by atoms with Crippen LogP contribution in [0, 0.1) is 0 Å². The Morgan fingerprint density at radius 2 is 1.96 bits per heavy atom. The molecule has 1 aromatic heterocycles. The molecule has 0 saturated carbocycles. The molecule has 8 heteroatoms. The van der Waals surface area contributed by atoms with Crippen molar-refractivity contribution < 1.29 is 17.9 Å². The fourth-order valence-corrected chi connectivity index (χ4v) is 3.41. The third-order valence-corrected chi connectivity index (χ3v) is 4.49. The lowest BCUT2D eigenvalue weighted by Gasteiger charge is -2.15. The molecule has 1 fully saturated rings. The van der Waals surface area contributed by atoms with Gasteiger partial charge in [-0.2, -0.15) is 18.2 Å². The summed E-state index contributed by atoms with van der Waals surface area (Å²) in [7, 11) is 1.15. The normalized spacial score (nSPS) is 21.7. The number of hydrogen-bond donors (Lipinski definition) is 2. The van der Waals surface area contributed by atoms with Crippen LogP contribution in [0.5, 0.6) is 5.88 Å². The van der Waals surface area contributed by atoms with Crippen LogP contribution in [0.1, 0.15) is 41.6 Å². The van der Waals surface area contributed by atoms with E-state index < -0.39 is 17.6 Å². The summed E-state index contributed by atoms with van der Waals surface area (Å²) < 4.78 is 43.3. The molecule has 1 saturated heterocycles. The zero-order valence-electron chi connectivity index (χ0n) is 12.8. The topological polar surface area (TPSA) is 59.1 Å². The second-order valence-electron chi connectivity index (χ2n) is 5.93. The quantitative estimate of drug-likeness (QED) is 0.894. The summed E-state index contributed by atoms with van der Waals surface area (Å²) in [6.07, 6.45) is -1.58. The lowest BCUT2D eigenvalue weighted by atomic mass is 9.91. The van der Waals surface area contributed by atoms with Crippen LogP contribution in [0.15, 0.2) is 24.4 Å². The van der Waals surface area contributed by atoms with Crippen molar-refractivity contribution in [2.75, 3.05) is 12.4 Å². The van der Waals surface area contributed by atoms with Crippen LogP contribution in [0.25, 0.3) is 0 Å². The SMILES string of the molecule is COc1nc(Nc2ccc3c(c2)C2CCC3N2)ncc1C(F)(F)F. The third kappa shape index (κ3) is 2.47. The molecule has 3 heterocycles. The van der Waals surface area contributed by atoms with E-state index in [-0.39, 0.29) is 5.95 Å². The second-order valence-corrected chi connectivity index (χ2v) is 5.93. The Kier molecular flexibility index (Phi) is 3.38. The van der Waals surface area contributed by atoms with Crippen molar-refractivity contribution in [3.8, 4) is 5.88 Å². The number of methoxy groups -OCH3 is 1. The predicted octanol–water partition coefficient (Wildman–Crippen LogP) is 3.73. The molecule has 2 bridgehead atoms. The van der Waals surface area contributed by atoms with Crippen LogP contribution in [-0.4, -0.2) is 17.1 Å². The fourth-order valence-electron chi connectivity index (χ4n) is 3.41. The number of halogens is 3. The summed E-state index contributed by atoms with van der Waals surface area (Å²) in [6.45, 7) is 0. The van der Waals surface area contributed by atoms with Gasteiger partial charge in [0.15, 0.2) is 0 Å². The molecule has 4 rings (SSSR count). The monoisotopic (exact) mass is 336 g/mol. The summed E-state index contributed by atoms with van der Waals surface area (Å²) in [5.41, 5.74) is 2.27. The van der Waals surface area contributed by atoms with E-state index in [2.05, 4.69) is 20.6 Å². The first-order valence-electron chi connectivity index (χ1n) is 7.61. The van der Waals surface area contributed by atoms with Crippen LogP contribution >= 0.6 is 0 Å². The first-order valence-corrected chi connectivity index (χ1v) is 7.61. The van der Waals surface area contributed by atoms with Gasteiger partial charge in [0.05, 0.1) is 7.11 Å². The van der Waals surface area contributed by atoms with E-state index in [1.807, 2.05) is 18.2 Å². The Balaban J connectivity index is 1.61. The molecule has 1 aromatic carbocycles. The minimum atomic E-state index is -4.55. The van der Waals surface area contributed by atoms with E-state index >= 15 is 0 Å². The Morgan fingerprint density at radius 1 is 1.21 bits per heavy atom. The molecule has 2 unspecified atom stereocenters. The van der Waals surface area contributed by atoms with Gasteiger partial charge in [-0.1, -0.05) is 6.07 Å². The van der Waals surface area contributed by atoms with Gasteiger partial charge < -0.3 is 15.4 Å². The largest absolute Gasteiger partial charge is 0.480 e. The van der Waals surface area contributed by atoms with Gasteiger partial charge in [-0.25, -0.2) is 4.98 Å².